The zero-order chi connectivity index (χ0) is 29.7. The second-order valence-corrected chi connectivity index (χ2v) is 12.0. The molecular weight excluding hydrogens is 555 g/mol. The third kappa shape index (κ3) is 14.2. The summed E-state index contributed by atoms with van der Waals surface area (Å²) < 4.78 is 0. The first kappa shape index (κ1) is 38.3. The number of benzene rings is 2. The van der Waals surface area contributed by atoms with Crippen molar-refractivity contribution in [3.8, 4) is 0 Å². The van der Waals surface area contributed by atoms with Crippen molar-refractivity contribution in [2.45, 2.75) is 164 Å². The first-order valence-corrected chi connectivity index (χ1v) is 17.5. The molecule has 0 aliphatic heterocycles. The summed E-state index contributed by atoms with van der Waals surface area (Å²) in [7, 11) is 0. The van der Waals surface area contributed by atoms with Gasteiger partial charge in [0, 0.05) is 16.5 Å². The van der Waals surface area contributed by atoms with Crippen molar-refractivity contribution in [1.82, 2.24) is 0 Å². The maximum absolute atomic E-state index is 5.39. The van der Waals surface area contributed by atoms with Gasteiger partial charge in [-0.25, -0.2) is 0 Å². The fourth-order valence-electron chi connectivity index (χ4n) is 5.83. The molecule has 0 aliphatic rings. The van der Waals surface area contributed by atoms with Crippen LogP contribution < -0.4 is 0 Å². The first-order chi connectivity index (χ1) is 20.1. The number of nitrogens with zero attached hydrogens (tertiary/aromatic N) is 2. The van der Waals surface area contributed by atoms with E-state index in [0.717, 1.165) is 56.3 Å². The second kappa shape index (κ2) is 23.7. The Hall–Kier alpha value is -1.73. The van der Waals surface area contributed by atoms with E-state index in [1.54, 1.807) is 0 Å². The van der Waals surface area contributed by atoms with E-state index in [0.29, 0.717) is 0 Å². The van der Waals surface area contributed by atoms with Gasteiger partial charge in [0.2, 0.25) is 0 Å². The maximum Gasteiger partial charge on any atom is 0.0636 e. The Morgan fingerprint density at radius 1 is 0.429 bits per heavy atom. The van der Waals surface area contributed by atoms with Crippen LogP contribution in [0, 0.1) is 0 Å². The molecule has 0 amide bonds. The third-order valence-corrected chi connectivity index (χ3v) is 8.10. The molecular formula is C39H62N2Ni. The smallest absolute Gasteiger partial charge is 0.0636 e. The first-order valence-electron chi connectivity index (χ1n) is 17.5. The van der Waals surface area contributed by atoms with Gasteiger partial charge in [-0.1, -0.05) is 124 Å². The molecule has 0 N–H and O–H groups in total. The average Bonchev–Trinajstić information content (AvgIpc) is 2.97. The van der Waals surface area contributed by atoms with Crippen molar-refractivity contribution in [2.75, 3.05) is 0 Å². The van der Waals surface area contributed by atoms with Crippen LogP contribution in [0.2, 0.25) is 0 Å². The molecule has 0 aromatic heterocycles. The van der Waals surface area contributed by atoms with Crippen LogP contribution in [0.1, 0.15) is 160 Å². The van der Waals surface area contributed by atoms with Gasteiger partial charge in [-0.2, -0.15) is 0 Å². The summed E-state index contributed by atoms with van der Waals surface area (Å²) >= 11 is 0. The molecule has 2 rings (SSSR count). The molecule has 238 valence electrons. The number of hydrogen-bond donors (Lipinski definition) is 0. The molecule has 0 saturated carbocycles. The van der Waals surface area contributed by atoms with Crippen molar-refractivity contribution in [3.05, 3.63) is 58.7 Å². The predicted molar refractivity (Wildman–Crippen MR) is 185 cm³/mol. The van der Waals surface area contributed by atoms with Gasteiger partial charge in [0.15, 0.2) is 0 Å². The Labute approximate surface area is 270 Å². The van der Waals surface area contributed by atoms with Crippen LogP contribution in [-0.4, -0.2) is 11.4 Å². The van der Waals surface area contributed by atoms with Gasteiger partial charge in [-0.15, -0.1) is 0 Å². The van der Waals surface area contributed by atoms with Crippen molar-refractivity contribution in [2.24, 2.45) is 9.98 Å². The minimum atomic E-state index is 0. The Kier molecular flexibility index (Phi) is 21.6. The zero-order valence-corrected chi connectivity index (χ0v) is 29.1. The molecule has 0 radical (unpaired) electrons. The molecule has 2 aromatic rings. The van der Waals surface area contributed by atoms with Crippen molar-refractivity contribution < 1.29 is 16.5 Å². The monoisotopic (exact) mass is 616 g/mol. The molecule has 42 heavy (non-hydrogen) atoms. The van der Waals surface area contributed by atoms with Crippen molar-refractivity contribution >= 4 is 22.8 Å². The van der Waals surface area contributed by atoms with Crippen molar-refractivity contribution in [1.29, 1.82) is 0 Å². The largest absolute Gasteiger partial charge is 0.252 e. The fraction of sp³-hybridized carbons (Fsp3) is 0.641. The Morgan fingerprint density at radius 3 is 1.24 bits per heavy atom. The normalized spacial score (nSPS) is 12.0. The maximum atomic E-state index is 5.39. The predicted octanol–water partition coefficient (Wildman–Crippen LogP) is 12.7. The summed E-state index contributed by atoms with van der Waals surface area (Å²) in [5.74, 6) is 0. The van der Waals surface area contributed by atoms with Crippen LogP contribution in [-0.2, 0) is 42.2 Å². The summed E-state index contributed by atoms with van der Waals surface area (Å²) in [5, 5.41) is 0. The van der Waals surface area contributed by atoms with E-state index in [9.17, 15) is 0 Å². The summed E-state index contributed by atoms with van der Waals surface area (Å²) in [6.07, 6.45) is 22.9. The van der Waals surface area contributed by atoms with Crippen LogP contribution in [0.5, 0.6) is 0 Å². The SMILES string of the molecule is CCCCCCCCCC(=N\c1ccc(CCC)c(CCC)c1)/C(CCCC)=N/c1ccc(CCC)c(CCC)c1.[Ni]. The second-order valence-electron chi connectivity index (χ2n) is 12.0. The van der Waals surface area contributed by atoms with Crippen molar-refractivity contribution in [3.63, 3.8) is 0 Å². The zero-order valence-electron chi connectivity index (χ0n) is 28.1. The molecule has 0 unspecified atom stereocenters. The molecule has 0 heterocycles. The standard InChI is InChI=1S/C39H62N2.Ni/c1-7-13-15-16-17-18-19-25-39(41-37-29-27-33(21-10-4)35(31-37)23-12-6)38(24-14-8-2)40-36-28-26-32(20-9-3)34(30-36)22-11-5;/h26-31H,7-25H2,1-6H3;/b40-38+,41-39+;. The Balaban J connectivity index is 0.00000882. The third-order valence-electron chi connectivity index (χ3n) is 8.10. The van der Waals surface area contributed by atoms with Gasteiger partial charge in [0.05, 0.1) is 22.8 Å². The van der Waals surface area contributed by atoms with E-state index in [-0.39, 0.29) is 16.5 Å². The minimum Gasteiger partial charge on any atom is -0.252 e. The molecule has 2 nitrogen and oxygen atoms in total. The quantitative estimate of drug-likeness (QED) is 0.0713. The van der Waals surface area contributed by atoms with Crippen LogP contribution in [0.15, 0.2) is 46.4 Å². The Morgan fingerprint density at radius 2 is 0.810 bits per heavy atom. The van der Waals surface area contributed by atoms with Gasteiger partial charge in [-0.05, 0) is 97.9 Å². The van der Waals surface area contributed by atoms with Crippen LogP contribution in [0.4, 0.5) is 11.4 Å². The summed E-state index contributed by atoms with van der Waals surface area (Å²) in [4.78, 5) is 10.8. The van der Waals surface area contributed by atoms with Crippen LogP contribution in [0.3, 0.4) is 0 Å². The summed E-state index contributed by atoms with van der Waals surface area (Å²) in [6.45, 7) is 13.7. The van der Waals surface area contributed by atoms with E-state index < -0.39 is 0 Å². The van der Waals surface area contributed by atoms with Gasteiger partial charge in [0.25, 0.3) is 0 Å². The van der Waals surface area contributed by atoms with E-state index in [4.69, 9.17) is 9.98 Å². The topological polar surface area (TPSA) is 24.7 Å². The van der Waals surface area contributed by atoms with E-state index in [2.05, 4.69) is 77.9 Å². The number of aryl methyl sites for hydroxylation is 4. The molecule has 2 aromatic carbocycles. The minimum absolute atomic E-state index is 0. The average molecular weight is 618 g/mol. The van der Waals surface area contributed by atoms with Gasteiger partial charge in [-0.3, -0.25) is 9.98 Å². The fourth-order valence-corrected chi connectivity index (χ4v) is 5.83. The molecule has 0 spiro atoms. The van der Waals surface area contributed by atoms with Crippen LogP contribution in [0.25, 0.3) is 0 Å². The number of hydrogen-bond acceptors (Lipinski definition) is 2. The molecule has 0 fully saturated rings. The molecule has 0 atom stereocenters. The summed E-state index contributed by atoms with van der Waals surface area (Å²) in [6, 6.07) is 13.9. The van der Waals surface area contributed by atoms with Gasteiger partial charge in [0.1, 0.15) is 0 Å². The van der Waals surface area contributed by atoms with Gasteiger partial charge >= 0.3 is 0 Å². The summed E-state index contributed by atoms with van der Waals surface area (Å²) in [5.41, 5.74) is 10.6. The van der Waals surface area contributed by atoms with Gasteiger partial charge < -0.3 is 0 Å². The number of aliphatic imine (C=N–C) groups is 2. The molecule has 3 heteroatoms. The molecule has 0 aliphatic carbocycles. The Bertz CT molecular complexity index is 1050. The van der Waals surface area contributed by atoms with E-state index in [1.807, 2.05) is 0 Å². The van der Waals surface area contributed by atoms with E-state index in [1.165, 1.54) is 111 Å². The number of unbranched alkanes of at least 4 members (excludes halogenated alkanes) is 7. The van der Waals surface area contributed by atoms with E-state index >= 15 is 0 Å². The molecule has 0 bridgehead atoms. The van der Waals surface area contributed by atoms with Crippen LogP contribution >= 0.6 is 0 Å². The molecule has 0 saturated heterocycles. The number of rotatable bonds is 22.